The highest BCUT2D eigenvalue weighted by Crippen LogP contribution is 2.38. The van der Waals surface area contributed by atoms with Crippen LogP contribution < -0.4 is 5.73 Å². The first-order valence-corrected chi connectivity index (χ1v) is 5.18. The highest BCUT2D eigenvalue weighted by atomic mass is 32.2. The van der Waals surface area contributed by atoms with Gasteiger partial charge in [-0.1, -0.05) is 6.58 Å². The molecule has 0 aromatic rings. The lowest BCUT2D eigenvalue weighted by Gasteiger charge is -2.51. The van der Waals surface area contributed by atoms with Gasteiger partial charge in [0.15, 0.2) is 6.04 Å². The molecule has 2 fully saturated rings. The van der Waals surface area contributed by atoms with Crippen LogP contribution in [0.4, 0.5) is 0 Å². The Morgan fingerprint density at radius 2 is 2.36 bits per heavy atom. The van der Waals surface area contributed by atoms with E-state index in [4.69, 9.17) is 10.8 Å². The minimum Gasteiger partial charge on any atom is -0.479 e. The number of thioether (sulfide) groups is 1. The first-order chi connectivity index (χ1) is 6.54. The molecule has 2 aliphatic heterocycles. The molecule has 2 aliphatic rings. The lowest BCUT2D eigenvalue weighted by molar-refractivity contribution is -0.158. The molecule has 1 unspecified atom stereocenters. The molecule has 76 valence electrons. The molecule has 0 radical (unpaired) electrons. The van der Waals surface area contributed by atoms with Crippen molar-refractivity contribution < 1.29 is 14.7 Å². The van der Waals surface area contributed by atoms with E-state index in [1.807, 2.05) is 0 Å². The van der Waals surface area contributed by atoms with Crippen molar-refractivity contribution in [2.45, 2.75) is 17.5 Å². The number of nitrogens with zero attached hydrogens (tertiary/aromatic N) is 1. The summed E-state index contributed by atoms with van der Waals surface area (Å²) in [4.78, 5) is 23.6. The summed E-state index contributed by atoms with van der Waals surface area (Å²) in [5.74, 6) is -0.768. The molecule has 0 saturated carbocycles. The number of rotatable bonds is 1. The number of aliphatic carboxylic acids is 1. The van der Waals surface area contributed by atoms with Crippen LogP contribution in [0.25, 0.3) is 0 Å². The molecule has 0 aromatic heterocycles. The van der Waals surface area contributed by atoms with Gasteiger partial charge >= 0.3 is 5.97 Å². The van der Waals surface area contributed by atoms with Gasteiger partial charge in [0.1, 0.15) is 11.4 Å². The SMILES string of the molecule is C=C1CS[C@@H]2[C@H](N)C(=O)N2C1C(=O)O. The summed E-state index contributed by atoms with van der Waals surface area (Å²) >= 11 is 1.47. The molecule has 14 heavy (non-hydrogen) atoms. The van der Waals surface area contributed by atoms with Crippen molar-refractivity contribution in [1.29, 1.82) is 0 Å². The average Bonchev–Trinajstić information content (AvgIpc) is 2.15. The maximum Gasteiger partial charge on any atom is 0.330 e. The third kappa shape index (κ3) is 1.07. The van der Waals surface area contributed by atoms with Crippen LogP contribution in [0.5, 0.6) is 0 Å². The van der Waals surface area contributed by atoms with Gasteiger partial charge in [0.2, 0.25) is 5.91 Å². The van der Waals surface area contributed by atoms with Crippen molar-refractivity contribution >= 4 is 23.6 Å². The fourth-order valence-corrected chi connectivity index (χ4v) is 2.98. The highest BCUT2D eigenvalue weighted by Gasteiger charge is 2.53. The molecule has 0 aliphatic carbocycles. The molecular formula is C8H10N2O3S. The van der Waals surface area contributed by atoms with E-state index in [1.54, 1.807) is 0 Å². The van der Waals surface area contributed by atoms with Crippen LogP contribution in [0.3, 0.4) is 0 Å². The number of carboxylic acids is 1. The predicted octanol–water partition coefficient (Wildman–Crippen LogP) is -0.762. The monoisotopic (exact) mass is 214 g/mol. The van der Waals surface area contributed by atoms with Gasteiger partial charge in [0.05, 0.1) is 0 Å². The number of carbonyl (C=O) groups excluding carboxylic acids is 1. The maximum absolute atomic E-state index is 11.3. The van der Waals surface area contributed by atoms with Crippen LogP contribution in [0, 0.1) is 0 Å². The van der Waals surface area contributed by atoms with Gasteiger partial charge in [-0.25, -0.2) is 4.79 Å². The van der Waals surface area contributed by atoms with E-state index < -0.39 is 18.1 Å². The van der Waals surface area contributed by atoms with Crippen molar-refractivity contribution in [3.8, 4) is 0 Å². The summed E-state index contributed by atoms with van der Waals surface area (Å²) in [5, 5.41) is 8.74. The standard InChI is InChI=1S/C8H10N2O3S/c1-3-2-14-7-4(9)6(11)10(7)5(3)8(12)13/h4-5,7H,1-2,9H2,(H,12,13)/t4-,5?,7-/m1/s1. The number of carbonyl (C=O) groups is 2. The van der Waals surface area contributed by atoms with E-state index in [0.29, 0.717) is 11.3 Å². The Hall–Kier alpha value is -1.01. The molecule has 1 amide bonds. The number of hydrogen-bond acceptors (Lipinski definition) is 4. The normalized spacial score (nSPS) is 36.4. The smallest absolute Gasteiger partial charge is 0.330 e. The minimum atomic E-state index is -1.03. The Kier molecular flexibility index (Phi) is 2.04. The zero-order valence-corrected chi connectivity index (χ0v) is 8.16. The Labute approximate surface area is 84.9 Å². The Bertz CT molecular complexity index is 331. The quantitative estimate of drug-likeness (QED) is 0.442. The second-order valence-electron chi connectivity index (χ2n) is 3.37. The molecule has 3 N–H and O–H groups in total. The lowest BCUT2D eigenvalue weighted by atomic mass is 9.99. The second kappa shape index (κ2) is 2.99. The van der Waals surface area contributed by atoms with Gasteiger partial charge < -0.3 is 15.7 Å². The summed E-state index contributed by atoms with van der Waals surface area (Å²) in [7, 11) is 0. The van der Waals surface area contributed by atoms with Crippen LogP contribution in [0.2, 0.25) is 0 Å². The first-order valence-electron chi connectivity index (χ1n) is 4.14. The van der Waals surface area contributed by atoms with Gasteiger partial charge in [-0.05, 0) is 5.57 Å². The Morgan fingerprint density at radius 1 is 1.71 bits per heavy atom. The molecule has 2 saturated heterocycles. The predicted molar refractivity (Wildman–Crippen MR) is 51.6 cm³/mol. The number of nitrogens with two attached hydrogens (primary N) is 1. The van der Waals surface area contributed by atoms with Crippen molar-refractivity contribution in [3.63, 3.8) is 0 Å². The zero-order chi connectivity index (χ0) is 10.5. The highest BCUT2D eigenvalue weighted by molar-refractivity contribution is 8.00. The van der Waals surface area contributed by atoms with E-state index in [2.05, 4.69) is 6.58 Å². The molecule has 0 bridgehead atoms. The van der Waals surface area contributed by atoms with E-state index in [1.165, 1.54) is 16.7 Å². The Morgan fingerprint density at radius 3 is 2.93 bits per heavy atom. The lowest BCUT2D eigenvalue weighted by Crippen LogP contribution is -2.73. The number of carboxylic acid groups (broad SMARTS) is 1. The van der Waals surface area contributed by atoms with Crippen molar-refractivity contribution in [2.24, 2.45) is 5.73 Å². The summed E-state index contributed by atoms with van der Waals surface area (Å²) in [6.07, 6.45) is 0. The van der Waals surface area contributed by atoms with Crippen LogP contribution in [0.1, 0.15) is 0 Å². The molecule has 0 spiro atoms. The third-order valence-corrected chi connectivity index (χ3v) is 3.86. The topological polar surface area (TPSA) is 83.6 Å². The fraction of sp³-hybridized carbons (Fsp3) is 0.500. The van der Waals surface area contributed by atoms with Gasteiger partial charge in [0, 0.05) is 5.75 Å². The minimum absolute atomic E-state index is 0.186. The van der Waals surface area contributed by atoms with E-state index >= 15 is 0 Å². The van der Waals surface area contributed by atoms with Crippen molar-refractivity contribution in [3.05, 3.63) is 12.2 Å². The largest absolute Gasteiger partial charge is 0.479 e. The van der Waals surface area contributed by atoms with Gasteiger partial charge in [-0.15, -0.1) is 11.8 Å². The molecule has 2 heterocycles. The Balaban J connectivity index is 2.26. The second-order valence-corrected chi connectivity index (χ2v) is 4.48. The molecule has 0 aromatic carbocycles. The number of hydrogen-bond donors (Lipinski definition) is 2. The van der Waals surface area contributed by atoms with Crippen LogP contribution in [0.15, 0.2) is 12.2 Å². The number of amides is 1. The van der Waals surface area contributed by atoms with E-state index in [9.17, 15) is 9.59 Å². The van der Waals surface area contributed by atoms with Crippen LogP contribution >= 0.6 is 11.8 Å². The van der Waals surface area contributed by atoms with E-state index in [-0.39, 0.29) is 11.3 Å². The van der Waals surface area contributed by atoms with Gasteiger partial charge in [-0.2, -0.15) is 0 Å². The third-order valence-electron chi connectivity index (χ3n) is 2.46. The average molecular weight is 214 g/mol. The molecule has 2 rings (SSSR count). The zero-order valence-electron chi connectivity index (χ0n) is 7.34. The molecule has 3 atom stereocenters. The van der Waals surface area contributed by atoms with E-state index in [0.717, 1.165) is 0 Å². The maximum atomic E-state index is 11.3. The summed E-state index contributed by atoms with van der Waals surface area (Å²) < 4.78 is 0. The number of fused-ring (bicyclic) bond motifs is 1. The summed E-state index contributed by atoms with van der Waals surface area (Å²) in [5.41, 5.74) is 6.10. The van der Waals surface area contributed by atoms with Crippen molar-refractivity contribution in [1.82, 2.24) is 4.90 Å². The summed E-state index contributed by atoms with van der Waals surface area (Å²) in [6, 6.07) is -1.43. The fourth-order valence-electron chi connectivity index (χ4n) is 1.73. The van der Waals surface area contributed by atoms with Gasteiger partial charge in [0.25, 0.3) is 0 Å². The molecule has 6 heteroatoms. The molecule has 5 nitrogen and oxygen atoms in total. The number of β-lactam (4-membered cyclic amide) rings is 1. The first kappa shape index (κ1) is 9.54. The molecular weight excluding hydrogens is 204 g/mol. The van der Waals surface area contributed by atoms with Crippen LogP contribution in [-0.2, 0) is 9.59 Å². The van der Waals surface area contributed by atoms with Crippen molar-refractivity contribution in [2.75, 3.05) is 5.75 Å². The van der Waals surface area contributed by atoms with Gasteiger partial charge in [-0.3, -0.25) is 4.79 Å². The summed E-state index contributed by atoms with van der Waals surface area (Å²) in [6.45, 7) is 3.66. The van der Waals surface area contributed by atoms with Crippen LogP contribution in [-0.4, -0.2) is 45.1 Å².